The fourth-order valence-corrected chi connectivity index (χ4v) is 1.95. The zero-order valence-corrected chi connectivity index (χ0v) is 10.3. The maximum absolute atomic E-state index is 12.0. The van der Waals surface area contributed by atoms with Crippen molar-refractivity contribution in [2.45, 2.75) is 26.2 Å². The Bertz CT molecular complexity index is 474. The van der Waals surface area contributed by atoms with Crippen molar-refractivity contribution < 1.29 is 14.4 Å². The molecule has 0 bridgehead atoms. The van der Waals surface area contributed by atoms with Gasteiger partial charge in [-0.2, -0.15) is 0 Å². The molecule has 18 heavy (non-hydrogen) atoms. The van der Waals surface area contributed by atoms with Gasteiger partial charge in [0.15, 0.2) is 5.78 Å². The molecule has 0 spiro atoms. The second kappa shape index (κ2) is 5.12. The SMILES string of the molecule is Cc1ccc(C(=O)CN2C(=O)CCCC2=O)cc1. The van der Waals surface area contributed by atoms with Gasteiger partial charge in [0.1, 0.15) is 0 Å². The zero-order valence-electron chi connectivity index (χ0n) is 10.3. The number of Topliss-reactive ketones (excluding diaryl/α,β-unsaturated/α-hetero) is 1. The van der Waals surface area contributed by atoms with Crippen LogP contribution in [0.3, 0.4) is 0 Å². The second-order valence-electron chi connectivity index (χ2n) is 4.52. The van der Waals surface area contributed by atoms with Crippen LogP contribution in [0.25, 0.3) is 0 Å². The summed E-state index contributed by atoms with van der Waals surface area (Å²) in [6, 6.07) is 7.12. The van der Waals surface area contributed by atoms with Crippen LogP contribution in [0.2, 0.25) is 0 Å². The summed E-state index contributed by atoms with van der Waals surface area (Å²) >= 11 is 0. The highest BCUT2D eigenvalue weighted by Gasteiger charge is 2.27. The van der Waals surface area contributed by atoms with E-state index in [1.54, 1.807) is 12.1 Å². The fourth-order valence-electron chi connectivity index (χ4n) is 1.95. The van der Waals surface area contributed by atoms with Crippen LogP contribution in [-0.4, -0.2) is 29.0 Å². The smallest absolute Gasteiger partial charge is 0.229 e. The molecular formula is C14H15NO3. The summed E-state index contributed by atoms with van der Waals surface area (Å²) in [5.74, 6) is -0.683. The average Bonchev–Trinajstić information content (AvgIpc) is 2.34. The molecular weight excluding hydrogens is 230 g/mol. The summed E-state index contributed by atoms with van der Waals surface area (Å²) in [5, 5.41) is 0. The van der Waals surface area contributed by atoms with Gasteiger partial charge in [-0.05, 0) is 13.3 Å². The number of aryl methyl sites for hydroxylation is 1. The number of benzene rings is 1. The number of hydrogen-bond acceptors (Lipinski definition) is 3. The Labute approximate surface area is 106 Å². The Morgan fingerprint density at radius 1 is 1.11 bits per heavy atom. The van der Waals surface area contributed by atoms with Crippen molar-refractivity contribution >= 4 is 17.6 Å². The molecule has 1 aromatic carbocycles. The standard InChI is InChI=1S/C14H15NO3/c1-10-5-7-11(8-6-10)12(16)9-15-13(17)3-2-4-14(15)18/h5-8H,2-4,9H2,1H3. The van der Waals surface area contributed by atoms with E-state index in [4.69, 9.17) is 0 Å². The molecule has 1 heterocycles. The second-order valence-corrected chi connectivity index (χ2v) is 4.52. The van der Waals surface area contributed by atoms with E-state index < -0.39 is 0 Å². The normalized spacial score (nSPS) is 15.9. The molecule has 94 valence electrons. The molecule has 0 saturated carbocycles. The maximum Gasteiger partial charge on any atom is 0.229 e. The van der Waals surface area contributed by atoms with E-state index in [9.17, 15) is 14.4 Å². The van der Waals surface area contributed by atoms with Crippen LogP contribution >= 0.6 is 0 Å². The van der Waals surface area contributed by atoms with Gasteiger partial charge in [-0.3, -0.25) is 19.3 Å². The van der Waals surface area contributed by atoms with Crippen LogP contribution in [0.1, 0.15) is 35.2 Å². The maximum atomic E-state index is 12.0. The number of imide groups is 1. The van der Waals surface area contributed by atoms with Crippen LogP contribution in [0, 0.1) is 6.92 Å². The third-order valence-corrected chi connectivity index (χ3v) is 3.06. The van der Waals surface area contributed by atoms with Crippen molar-refractivity contribution in [3.8, 4) is 0 Å². The Balaban J connectivity index is 2.08. The highest BCUT2D eigenvalue weighted by molar-refractivity contribution is 6.05. The van der Waals surface area contributed by atoms with Gasteiger partial charge in [0, 0.05) is 18.4 Å². The number of nitrogens with zero attached hydrogens (tertiary/aromatic N) is 1. The summed E-state index contributed by atoms with van der Waals surface area (Å²) in [4.78, 5) is 36.2. The first-order chi connectivity index (χ1) is 8.58. The first-order valence-corrected chi connectivity index (χ1v) is 6.01. The van der Waals surface area contributed by atoms with Gasteiger partial charge in [0.25, 0.3) is 0 Å². The monoisotopic (exact) mass is 245 g/mol. The van der Waals surface area contributed by atoms with Gasteiger partial charge >= 0.3 is 0 Å². The molecule has 0 atom stereocenters. The first kappa shape index (κ1) is 12.5. The van der Waals surface area contributed by atoms with E-state index in [2.05, 4.69) is 0 Å². The molecule has 0 unspecified atom stereocenters. The molecule has 0 radical (unpaired) electrons. The van der Waals surface area contributed by atoms with Crippen molar-refractivity contribution in [3.63, 3.8) is 0 Å². The van der Waals surface area contributed by atoms with E-state index in [-0.39, 0.29) is 24.1 Å². The van der Waals surface area contributed by atoms with Gasteiger partial charge in [-0.1, -0.05) is 29.8 Å². The lowest BCUT2D eigenvalue weighted by Gasteiger charge is -2.24. The summed E-state index contributed by atoms with van der Waals surface area (Å²) in [6.07, 6.45) is 1.30. The van der Waals surface area contributed by atoms with Crippen LogP contribution in [0.5, 0.6) is 0 Å². The zero-order chi connectivity index (χ0) is 13.1. The summed E-state index contributed by atoms with van der Waals surface area (Å²) < 4.78 is 0. The molecule has 1 aromatic rings. The quantitative estimate of drug-likeness (QED) is 0.601. The average molecular weight is 245 g/mol. The minimum atomic E-state index is -0.244. The van der Waals surface area contributed by atoms with E-state index in [0.29, 0.717) is 24.8 Å². The molecule has 0 aliphatic carbocycles. The van der Waals surface area contributed by atoms with Crippen molar-refractivity contribution in [3.05, 3.63) is 35.4 Å². The molecule has 4 heteroatoms. The molecule has 2 rings (SSSR count). The van der Waals surface area contributed by atoms with Crippen molar-refractivity contribution in [2.75, 3.05) is 6.54 Å². The van der Waals surface area contributed by atoms with Crippen LogP contribution in [0.4, 0.5) is 0 Å². The molecule has 1 fully saturated rings. The number of piperidine rings is 1. The Hall–Kier alpha value is -1.97. The van der Waals surface area contributed by atoms with Gasteiger partial charge in [-0.15, -0.1) is 0 Å². The predicted molar refractivity (Wildman–Crippen MR) is 66.1 cm³/mol. The molecule has 4 nitrogen and oxygen atoms in total. The molecule has 2 amide bonds. The van der Waals surface area contributed by atoms with Crippen molar-refractivity contribution in [1.82, 2.24) is 4.90 Å². The first-order valence-electron chi connectivity index (χ1n) is 6.01. The van der Waals surface area contributed by atoms with Crippen LogP contribution < -0.4 is 0 Å². The number of ketones is 1. The van der Waals surface area contributed by atoms with Crippen molar-refractivity contribution in [1.29, 1.82) is 0 Å². The fraction of sp³-hybridized carbons (Fsp3) is 0.357. The van der Waals surface area contributed by atoms with Crippen molar-refractivity contribution in [2.24, 2.45) is 0 Å². The van der Waals surface area contributed by atoms with E-state index >= 15 is 0 Å². The number of rotatable bonds is 3. The summed E-state index contributed by atoms with van der Waals surface area (Å²) in [7, 11) is 0. The van der Waals surface area contributed by atoms with Crippen LogP contribution in [-0.2, 0) is 9.59 Å². The lowest BCUT2D eigenvalue weighted by molar-refractivity contribution is -0.147. The number of likely N-dealkylation sites (tertiary alicyclic amines) is 1. The topological polar surface area (TPSA) is 54.5 Å². The minimum absolute atomic E-state index is 0.138. The number of hydrogen-bond donors (Lipinski definition) is 0. The number of amides is 2. The largest absolute Gasteiger partial charge is 0.292 e. The van der Waals surface area contributed by atoms with E-state index in [0.717, 1.165) is 10.5 Å². The lowest BCUT2D eigenvalue weighted by atomic mass is 10.1. The Morgan fingerprint density at radius 3 is 2.22 bits per heavy atom. The predicted octanol–water partition coefficient (Wildman–Crippen LogP) is 1.72. The number of carbonyl (C=O) groups is 3. The molecule has 0 aromatic heterocycles. The molecule has 1 saturated heterocycles. The summed E-state index contributed by atoms with van der Waals surface area (Å²) in [5.41, 5.74) is 1.60. The van der Waals surface area contributed by atoms with Gasteiger partial charge in [0.05, 0.1) is 6.54 Å². The Kier molecular flexibility index (Phi) is 3.55. The lowest BCUT2D eigenvalue weighted by Crippen LogP contribution is -2.43. The van der Waals surface area contributed by atoms with E-state index in [1.165, 1.54) is 0 Å². The Morgan fingerprint density at radius 2 is 1.67 bits per heavy atom. The minimum Gasteiger partial charge on any atom is -0.292 e. The molecule has 0 N–H and O–H groups in total. The third-order valence-electron chi connectivity index (χ3n) is 3.06. The third kappa shape index (κ3) is 2.64. The molecule has 1 aliphatic rings. The van der Waals surface area contributed by atoms with Gasteiger partial charge in [-0.25, -0.2) is 0 Å². The molecule has 1 aliphatic heterocycles. The van der Waals surface area contributed by atoms with Crippen LogP contribution in [0.15, 0.2) is 24.3 Å². The van der Waals surface area contributed by atoms with E-state index in [1.807, 2.05) is 19.1 Å². The summed E-state index contributed by atoms with van der Waals surface area (Å²) in [6.45, 7) is 1.80. The number of carbonyl (C=O) groups excluding carboxylic acids is 3. The van der Waals surface area contributed by atoms with Gasteiger partial charge < -0.3 is 0 Å². The highest BCUT2D eigenvalue weighted by Crippen LogP contribution is 2.13. The highest BCUT2D eigenvalue weighted by atomic mass is 16.2. The van der Waals surface area contributed by atoms with Gasteiger partial charge in [0.2, 0.25) is 11.8 Å².